The number of amides is 1. The molecule has 4 rings (SSSR count). The zero-order valence-electron chi connectivity index (χ0n) is 17.2. The first-order valence-electron chi connectivity index (χ1n) is 9.83. The first kappa shape index (κ1) is 23.1. The van der Waals surface area contributed by atoms with Gasteiger partial charge in [0.05, 0.1) is 12.3 Å². The van der Waals surface area contributed by atoms with Crippen molar-refractivity contribution in [3.8, 4) is 0 Å². The zero-order chi connectivity index (χ0) is 23.3. The van der Waals surface area contributed by atoms with Crippen LogP contribution in [0.2, 0.25) is 0 Å². The normalized spacial score (nSPS) is 15.8. The van der Waals surface area contributed by atoms with Crippen molar-refractivity contribution >= 4 is 11.9 Å². The van der Waals surface area contributed by atoms with E-state index in [1.165, 1.54) is 11.1 Å². The van der Waals surface area contributed by atoms with Crippen LogP contribution in [0.4, 0.5) is 13.2 Å². The summed E-state index contributed by atoms with van der Waals surface area (Å²) in [5.74, 6) is -2.44. The molecular weight excluding hydrogens is 425 g/mol. The van der Waals surface area contributed by atoms with Gasteiger partial charge in [-0.2, -0.15) is 13.2 Å². The Morgan fingerprint density at radius 1 is 1.16 bits per heavy atom. The Morgan fingerprint density at radius 2 is 1.88 bits per heavy atom. The molecule has 0 spiro atoms. The quantitative estimate of drug-likeness (QED) is 0.612. The molecule has 0 radical (unpaired) electrons. The van der Waals surface area contributed by atoms with Crippen molar-refractivity contribution < 1.29 is 32.3 Å². The molecule has 3 heterocycles. The van der Waals surface area contributed by atoms with Gasteiger partial charge >= 0.3 is 12.1 Å². The van der Waals surface area contributed by atoms with Crippen LogP contribution in [0.3, 0.4) is 0 Å². The van der Waals surface area contributed by atoms with Gasteiger partial charge in [0.1, 0.15) is 0 Å². The summed E-state index contributed by atoms with van der Waals surface area (Å²) < 4.78 is 37.1. The summed E-state index contributed by atoms with van der Waals surface area (Å²) in [5, 5.41) is 7.12. The third-order valence-electron chi connectivity index (χ3n) is 4.98. The number of hydrogen-bond acceptors (Lipinski definition) is 4. The maximum Gasteiger partial charge on any atom is 0.490 e. The average molecular weight is 446 g/mol. The number of furan rings is 1. The Balaban J connectivity index is 0.000000360. The lowest BCUT2D eigenvalue weighted by Crippen LogP contribution is -2.35. The first-order valence-corrected chi connectivity index (χ1v) is 9.83. The second-order valence-electron chi connectivity index (χ2n) is 7.21. The zero-order valence-corrected chi connectivity index (χ0v) is 17.2. The summed E-state index contributed by atoms with van der Waals surface area (Å²) in [4.78, 5) is 28.2. The molecule has 9 heteroatoms. The number of alkyl halides is 3. The highest BCUT2D eigenvalue weighted by Gasteiger charge is 2.38. The maximum atomic E-state index is 13.1. The van der Waals surface area contributed by atoms with Gasteiger partial charge in [0.15, 0.2) is 5.76 Å². The number of hydrogen-bond donors (Lipinski definition) is 1. The number of aryl methyl sites for hydroxylation is 2. The summed E-state index contributed by atoms with van der Waals surface area (Å²) in [7, 11) is 0. The SMILES string of the molecule is Cc1cc(C2c3ccccc3CCCN2C(=O)c2ccco2)ccn1.O=C(O)C(F)(F)F. The number of aliphatic carboxylic acids is 1. The summed E-state index contributed by atoms with van der Waals surface area (Å²) in [6.07, 6.45) is 0.182. The average Bonchev–Trinajstić information content (AvgIpc) is 3.21. The molecule has 32 heavy (non-hydrogen) atoms. The lowest BCUT2D eigenvalue weighted by atomic mass is 9.93. The summed E-state index contributed by atoms with van der Waals surface area (Å²) in [6.45, 7) is 2.67. The second-order valence-corrected chi connectivity index (χ2v) is 7.21. The topological polar surface area (TPSA) is 83.6 Å². The predicted octanol–water partition coefficient (Wildman–Crippen LogP) is 4.79. The van der Waals surface area contributed by atoms with E-state index in [9.17, 15) is 18.0 Å². The smallest absolute Gasteiger partial charge is 0.475 e. The monoisotopic (exact) mass is 446 g/mol. The van der Waals surface area contributed by atoms with E-state index >= 15 is 0 Å². The van der Waals surface area contributed by atoms with E-state index in [1.807, 2.05) is 30.2 Å². The number of fused-ring (bicyclic) bond motifs is 1. The Morgan fingerprint density at radius 3 is 2.50 bits per heavy atom. The summed E-state index contributed by atoms with van der Waals surface area (Å²) >= 11 is 0. The van der Waals surface area contributed by atoms with Crippen molar-refractivity contribution in [3.63, 3.8) is 0 Å². The van der Waals surface area contributed by atoms with Crippen LogP contribution in [0.15, 0.2) is 65.4 Å². The number of carboxylic acid groups (broad SMARTS) is 1. The Hall–Kier alpha value is -3.62. The highest BCUT2D eigenvalue weighted by Crippen LogP contribution is 2.35. The number of carbonyl (C=O) groups excluding carboxylic acids is 1. The van der Waals surface area contributed by atoms with Crippen LogP contribution < -0.4 is 0 Å². The minimum absolute atomic E-state index is 0.0684. The highest BCUT2D eigenvalue weighted by atomic mass is 19.4. The third kappa shape index (κ3) is 5.35. The van der Waals surface area contributed by atoms with Crippen LogP contribution >= 0.6 is 0 Å². The van der Waals surface area contributed by atoms with Crippen LogP contribution in [0.1, 0.15) is 45.4 Å². The lowest BCUT2D eigenvalue weighted by Gasteiger charge is -2.31. The molecule has 1 aromatic carbocycles. The fourth-order valence-corrected chi connectivity index (χ4v) is 3.62. The third-order valence-corrected chi connectivity index (χ3v) is 4.98. The molecule has 1 N–H and O–H groups in total. The van der Waals surface area contributed by atoms with Crippen LogP contribution in [0.25, 0.3) is 0 Å². The maximum absolute atomic E-state index is 13.1. The van der Waals surface area contributed by atoms with Crippen molar-refractivity contribution in [1.29, 1.82) is 0 Å². The van der Waals surface area contributed by atoms with E-state index < -0.39 is 12.1 Å². The standard InChI is InChI=1S/C21H20N2O2.C2HF3O2/c1-15-14-17(10-11-22-15)20-18-8-3-2-6-16(18)7-4-12-23(20)21(24)19-9-5-13-25-19;3-2(4,5)1(6)7/h2-3,5-6,8-11,13-14,20H,4,7,12H2,1H3;(H,6,7). The van der Waals surface area contributed by atoms with Gasteiger partial charge in [-0.05, 0) is 60.7 Å². The molecule has 2 aromatic heterocycles. The number of nitrogens with zero attached hydrogens (tertiary/aromatic N) is 2. The fourth-order valence-electron chi connectivity index (χ4n) is 3.62. The molecule has 1 aliphatic rings. The van der Waals surface area contributed by atoms with Crippen molar-refractivity contribution in [2.75, 3.05) is 6.54 Å². The molecule has 0 aliphatic carbocycles. The van der Waals surface area contributed by atoms with E-state index in [1.54, 1.807) is 18.4 Å². The van der Waals surface area contributed by atoms with E-state index in [0.29, 0.717) is 12.3 Å². The molecule has 168 valence electrons. The molecule has 0 saturated carbocycles. The molecule has 1 atom stereocenters. The van der Waals surface area contributed by atoms with Gasteiger partial charge in [-0.15, -0.1) is 0 Å². The number of carboxylic acids is 1. The molecule has 0 bridgehead atoms. The Labute approximate surface area is 182 Å². The fraction of sp³-hybridized carbons (Fsp3) is 0.261. The largest absolute Gasteiger partial charge is 0.490 e. The number of benzene rings is 1. The number of carbonyl (C=O) groups is 2. The molecular formula is C23H21F3N2O4. The lowest BCUT2D eigenvalue weighted by molar-refractivity contribution is -0.192. The van der Waals surface area contributed by atoms with E-state index in [4.69, 9.17) is 14.3 Å². The number of halogens is 3. The van der Waals surface area contributed by atoms with Crippen molar-refractivity contribution in [2.45, 2.75) is 32.0 Å². The molecule has 0 fully saturated rings. The predicted molar refractivity (Wildman–Crippen MR) is 109 cm³/mol. The van der Waals surface area contributed by atoms with Crippen molar-refractivity contribution in [3.05, 3.63) is 89.1 Å². The van der Waals surface area contributed by atoms with Gasteiger partial charge in [0.25, 0.3) is 5.91 Å². The molecule has 6 nitrogen and oxygen atoms in total. The van der Waals surface area contributed by atoms with Crippen molar-refractivity contribution in [2.24, 2.45) is 0 Å². The minimum atomic E-state index is -5.08. The molecule has 1 unspecified atom stereocenters. The van der Waals surface area contributed by atoms with Crippen LogP contribution in [0.5, 0.6) is 0 Å². The first-order chi connectivity index (χ1) is 15.2. The van der Waals surface area contributed by atoms with Crippen LogP contribution in [0, 0.1) is 6.92 Å². The number of aromatic nitrogens is 1. The Bertz CT molecular complexity index is 1080. The van der Waals surface area contributed by atoms with Crippen LogP contribution in [-0.4, -0.2) is 39.6 Å². The van der Waals surface area contributed by atoms with Gasteiger partial charge in [-0.3, -0.25) is 9.78 Å². The van der Waals surface area contributed by atoms with Gasteiger partial charge in [-0.25, -0.2) is 4.79 Å². The number of pyridine rings is 1. The van der Waals surface area contributed by atoms with Gasteiger partial charge in [0, 0.05) is 18.4 Å². The van der Waals surface area contributed by atoms with Gasteiger partial charge < -0.3 is 14.4 Å². The van der Waals surface area contributed by atoms with Gasteiger partial charge in [0.2, 0.25) is 0 Å². The minimum Gasteiger partial charge on any atom is -0.475 e. The molecule has 0 saturated heterocycles. The number of rotatable bonds is 2. The van der Waals surface area contributed by atoms with E-state index in [2.05, 4.69) is 29.2 Å². The summed E-state index contributed by atoms with van der Waals surface area (Å²) in [5.41, 5.74) is 4.52. The summed E-state index contributed by atoms with van der Waals surface area (Å²) in [6, 6.07) is 15.8. The Kier molecular flexibility index (Phi) is 6.97. The van der Waals surface area contributed by atoms with Crippen molar-refractivity contribution in [1.82, 2.24) is 9.88 Å². The second kappa shape index (κ2) is 9.67. The van der Waals surface area contributed by atoms with Gasteiger partial charge in [-0.1, -0.05) is 24.3 Å². The van der Waals surface area contributed by atoms with Crippen LogP contribution in [-0.2, 0) is 11.2 Å². The molecule has 1 amide bonds. The molecule has 1 aliphatic heterocycles. The van der Waals surface area contributed by atoms with E-state index in [0.717, 1.165) is 24.1 Å². The highest BCUT2D eigenvalue weighted by molar-refractivity contribution is 5.92. The van der Waals surface area contributed by atoms with E-state index in [-0.39, 0.29) is 11.9 Å². The molecule has 3 aromatic rings.